The molecule has 2 aromatic carbocycles. The van der Waals surface area contributed by atoms with Crippen molar-refractivity contribution in [2.45, 2.75) is 13.3 Å². The molecule has 25 heavy (non-hydrogen) atoms. The summed E-state index contributed by atoms with van der Waals surface area (Å²) in [6.45, 7) is 1.92. The van der Waals surface area contributed by atoms with Crippen molar-refractivity contribution in [1.29, 1.82) is 0 Å². The van der Waals surface area contributed by atoms with Crippen LogP contribution in [0.25, 0.3) is 0 Å². The number of carbonyl (C=O) groups is 2. The van der Waals surface area contributed by atoms with Gasteiger partial charge in [0.05, 0.1) is 24.8 Å². The van der Waals surface area contributed by atoms with Gasteiger partial charge in [-0.3, -0.25) is 4.79 Å². The predicted octanol–water partition coefficient (Wildman–Crippen LogP) is 3.42. The summed E-state index contributed by atoms with van der Waals surface area (Å²) in [6, 6.07) is 9.94. The second-order valence-corrected chi connectivity index (χ2v) is 5.38. The van der Waals surface area contributed by atoms with Crippen LogP contribution in [0.1, 0.15) is 33.2 Å². The van der Waals surface area contributed by atoms with Crippen molar-refractivity contribution in [3.8, 4) is 11.5 Å². The van der Waals surface area contributed by atoms with E-state index in [-0.39, 0.29) is 17.1 Å². The van der Waals surface area contributed by atoms with Crippen LogP contribution in [-0.2, 0) is 11.3 Å². The van der Waals surface area contributed by atoms with Crippen molar-refractivity contribution in [3.63, 3.8) is 0 Å². The van der Waals surface area contributed by atoms with E-state index < -0.39 is 11.9 Å². The minimum absolute atomic E-state index is 0.0491. The van der Waals surface area contributed by atoms with Crippen molar-refractivity contribution >= 4 is 23.5 Å². The Bertz CT molecular complexity index is 777. The lowest BCUT2D eigenvalue weighted by Gasteiger charge is -2.16. The first-order valence-electron chi connectivity index (χ1n) is 7.53. The molecule has 132 valence electrons. The van der Waals surface area contributed by atoms with Crippen molar-refractivity contribution in [2.24, 2.45) is 0 Å². The molecule has 0 bridgehead atoms. The summed E-state index contributed by atoms with van der Waals surface area (Å²) in [5.74, 6) is -0.969. The number of aryl methyl sites for hydroxylation is 1. The number of hydroxylamine groups is 1. The summed E-state index contributed by atoms with van der Waals surface area (Å²) < 4.78 is 10.5. The number of rotatable bonds is 5. The van der Waals surface area contributed by atoms with Crippen molar-refractivity contribution in [3.05, 3.63) is 58.1 Å². The quantitative estimate of drug-likeness (QED) is 0.824. The first-order valence-corrected chi connectivity index (χ1v) is 7.91. The van der Waals surface area contributed by atoms with Crippen molar-refractivity contribution < 1.29 is 23.9 Å². The SMILES string of the molecule is CCc1cc(OC)c(C(=O)NOC(=O)c2ccccc2)c(OC)c1Cl. The van der Waals surface area contributed by atoms with Crippen LogP contribution in [0.15, 0.2) is 36.4 Å². The van der Waals surface area contributed by atoms with Crippen LogP contribution < -0.4 is 15.0 Å². The molecule has 0 radical (unpaired) electrons. The highest BCUT2D eigenvalue weighted by Crippen LogP contribution is 2.38. The summed E-state index contributed by atoms with van der Waals surface area (Å²) >= 11 is 6.28. The Morgan fingerprint density at radius 1 is 1.12 bits per heavy atom. The first kappa shape index (κ1) is 18.6. The molecule has 0 unspecified atom stereocenters. The summed E-state index contributed by atoms with van der Waals surface area (Å²) in [7, 11) is 2.82. The Hall–Kier alpha value is -2.73. The lowest BCUT2D eigenvalue weighted by molar-refractivity contribution is 0.0228. The lowest BCUT2D eigenvalue weighted by atomic mass is 10.1. The zero-order chi connectivity index (χ0) is 18.4. The van der Waals surface area contributed by atoms with Gasteiger partial charge in [-0.05, 0) is 30.2 Å². The molecule has 0 aliphatic heterocycles. The number of halogens is 1. The minimum atomic E-state index is -0.706. The van der Waals surface area contributed by atoms with Gasteiger partial charge in [0.15, 0.2) is 5.75 Å². The normalized spacial score (nSPS) is 10.1. The lowest BCUT2D eigenvalue weighted by Crippen LogP contribution is -2.28. The second kappa shape index (κ2) is 8.39. The molecule has 6 nitrogen and oxygen atoms in total. The summed E-state index contributed by atoms with van der Waals surface area (Å²) in [5, 5.41) is 0.310. The van der Waals surface area contributed by atoms with E-state index >= 15 is 0 Å². The summed E-state index contributed by atoms with van der Waals surface area (Å²) in [4.78, 5) is 29.3. The number of methoxy groups -OCH3 is 2. The molecule has 1 amide bonds. The van der Waals surface area contributed by atoms with Crippen LogP contribution in [0, 0.1) is 0 Å². The van der Waals surface area contributed by atoms with E-state index in [2.05, 4.69) is 5.48 Å². The van der Waals surface area contributed by atoms with Gasteiger partial charge >= 0.3 is 5.97 Å². The zero-order valence-electron chi connectivity index (χ0n) is 14.1. The van der Waals surface area contributed by atoms with Gasteiger partial charge in [-0.2, -0.15) is 5.48 Å². The Labute approximate surface area is 150 Å². The van der Waals surface area contributed by atoms with Gasteiger partial charge in [-0.1, -0.05) is 36.7 Å². The molecule has 7 heteroatoms. The highest BCUT2D eigenvalue weighted by molar-refractivity contribution is 6.33. The van der Waals surface area contributed by atoms with E-state index in [9.17, 15) is 9.59 Å². The van der Waals surface area contributed by atoms with Crippen LogP contribution >= 0.6 is 11.6 Å². The van der Waals surface area contributed by atoms with Crippen LogP contribution in [-0.4, -0.2) is 26.1 Å². The third-order valence-corrected chi connectivity index (χ3v) is 3.95. The molecular formula is C18H18ClNO5. The number of benzene rings is 2. The molecular weight excluding hydrogens is 346 g/mol. The maximum absolute atomic E-state index is 12.5. The second-order valence-electron chi connectivity index (χ2n) is 5.00. The Morgan fingerprint density at radius 2 is 1.80 bits per heavy atom. The molecule has 0 spiro atoms. The van der Waals surface area contributed by atoms with Crippen molar-refractivity contribution in [1.82, 2.24) is 5.48 Å². The number of hydrogen-bond acceptors (Lipinski definition) is 5. The third-order valence-electron chi connectivity index (χ3n) is 3.54. The number of ether oxygens (including phenoxy) is 2. The van der Waals surface area contributed by atoms with E-state index in [1.54, 1.807) is 36.4 Å². The molecule has 2 rings (SSSR count). The molecule has 0 aromatic heterocycles. The molecule has 0 fully saturated rings. The molecule has 0 atom stereocenters. The van der Waals surface area contributed by atoms with E-state index in [0.717, 1.165) is 5.56 Å². The number of nitrogens with one attached hydrogen (secondary N) is 1. The topological polar surface area (TPSA) is 73.9 Å². The maximum atomic E-state index is 12.5. The average Bonchev–Trinajstić information content (AvgIpc) is 2.65. The predicted molar refractivity (Wildman–Crippen MR) is 93.3 cm³/mol. The molecule has 0 saturated carbocycles. The largest absolute Gasteiger partial charge is 0.496 e. The van der Waals surface area contributed by atoms with Gasteiger partial charge in [0, 0.05) is 0 Å². The monoisotopic (exact) mass is 363 g/mol. The van der Waals surface area contributed by atoms with Gasteiger partial charge in [-0.25, -0.2) is 4.79 Å². The third kappa shape index (κ3) is 4.03. The standard InChI is InChI=1S/C18H18ClNO5/c1-4-11-10-13(23-2)14(16(24-3)15(11)19)17(21)20-25-18(22)12-8-6-5-7-9-12/h5-10H,4H2,1-3H3,(H,20,21). The minimum Gasteiger partial charge on any atom is -0.496 e. The van der Waals surface area contributed by atoms with Crippen LogP contribution in [0.3, 0.4) is 0 Å². The van der Waals surface area contributed by atoms with Crippen LogP contribution in [0.2, 0.25) is 5.02 Å². The van der Waals surface area contributed by atoms with E-state index in [1.165, 1.54) is 14.2 Å². The molecule has 1 N–H and O–H groups in total. The fourth-order valence-electron chi connectivity index (χ4n) is 2.26. The Morgan fingerprint density at radius 3 is 2.36 bits per heavy atom. The average molecular weight is 364 g/mol. The van der Waals surface area contributed by atoms with Crippen LogP contribution in [0.4, 0.5) is 0 Å². The first-order chi connectivity index (χ1) is 12.0. The fourth-order valence-corrected chi connectivity index (χ4v) is 2.62. The Kier molecular flexibility index (Phi) is 6.25. The maximum Gasteiger partial charge on any atom is 0.362 e. The van der Waals surface area contributed by atoms with Crippen LogP contribution in [0.5, 0.6) is 11.5 Å². The summed E-state index contributed by atoms with van der Waals surface area (Å²) in [6.07, 6.45) is 0.635. The van der Waals surface area contributed by atoms with Crippen molar-refractivity contribution in [2.75, 3.05) is 14.2 Å². The van der Waals surface area contributed by atoms with Gasteiger partial charge in [0.2, 0.25) is 0 Å². The Balaban J connectivity index is 2.26. The number of carbonyl (C=O) groups excluding carboxylic acids is 2. The molecule has 2 aromatic rings. The fraction of sp³-hybridized carbons (Fsp3) is 0.222. The van der Waals surface area contributed by atoms with Gasteiger partial charge in [-0.15, -0.1) is 0 Å². The van der Waals surface area contributed by atoms with Gasteiger partial charge in [0.25, 0.3) is 5.91 Å². The highest BCUT2D eigenvalue weighted by atomic mass is 35.5. The smallest absolute Gasteiger partial charge is 0.362 e. The number of hydrogen-bond donors (Lipinski definition) is 1. The van der Waals surface area contributed by atoms with E-state index in [4.69, 9.17) is 25.9 Å². The molecule has 0 aliphatic rings. The highest BCUT2D eigenvalue weighted by Gasteiger charge is 2.24. The molecule has 0 heterocycles. The molecule has 0 aliphatic carbocycles. The van der Waals surface area contributed by atoms with E-state index in [0.29, 0.717) is 17.0 Å². The zero-order valence-corrected chi connectivity index (χ0v) is 14.8. The van der Waals surface area contributed by atoms with Gasteiger partial charge < -0.3 is 14.3 Å². The van der Waals surface area contributed by atoms with Gasteiger partial charge in [0.1, 0.15) is 11.3 Å². The van der Waals surface area contributed by atoms with E-state index in [1.807, 2.05) is 6.92 Å². The molecule has 0 saturated heterocycles. The number of amides is 1. The summed E-state index contributed by atoms with van der Waals surface area (Å²) in [5.41, 5.74) is 3.23.